The zero-order valence-electron chi connectivity index (χ0n) is 28.7. The van der Waals surface area contributed by atoms with Crippen molar-refractivity contribution in [3.05, 3.63) is 95.7 Å². The number of anilines is 1. The van der Waals surface area contributed by atoms with Crippen LogP contribution in [0, 0.1) is 0 Å². The van der Waals surface area contributed by atoms with Crippen molar-refractivity contribution in [2.24, 2.45) is 0 Å². The smallest absolute Gasteiger partial charge is 0.409 e. The van der Waals surface area contributed by atoms with Crippen LogP contribution in [-0.4, -0.2) is 83.0 Å². The molecule has 0 saturated carbocycles. The quantitative estimate of drug-likeness (QED) is 0.142. The van der Waals surface area contributed by atoms with Crippen molar-refractivity contribution in [3.63, 3.8) is 0 Å². The molecule has 1 aliphatic rings. The molecule has 1 saturated heterocycles. The Morgan fingerprint density at radius 1 is 0.958 bits per heavy atom. The lowest BCUT2D eigenvalue weighted by molar-refractivity contribution is -0.121. The average molecular weight is 683 g/mol. The fourth-order valence-corrected chi connectivity index (χ4v) is 5.16. The van der Waals surface area contributed by atoms with Crippen LogP contribution < -0.4 is 16.7 Å². The second kappa shape index (κ2) is 25.2. The molecule has 264 valence electrons. The molecule has 12 heteroatoms. The van der Waals surface area contributed by atoms with E-state index in [1.165, 1.54) is 33.5 Å². The lowest BCUT2D eigenvalue weighted by Crippen LogP contribution is -2.39. The van der Waals surface area contributed by atoms with Gasteiger partial charge < -0.3 is 30.3 Å². The molecular weight excluding hydrogens is 629 g/mol. The van der Waals surface area contributed by atoms with Crippen LogP contribution in [-0.2, 0) is 14.3 Å². The Morgan fingerprint density at radius 3 is 2.12 bits per heavy atom. The van der Waals surface area contributed by atoms with Gasteiger partial charge in [-0.15, -0.1) is 0 Å². The number of aromatic nitrogens is 2. The topological polar surface area (TPSA) is 132 Å². The molecular formula is C36H54N6O5S. The van der Waals surface area contributed by atoms with Crippen molar-refractivity contribution in [2.45, 2.75) is 70.1 Å². The first-order valence-electron chi connectivity index (χ1n) is 16.7. The molecule has 2 amide bonds. The highest BCUT2D eigenvalue weighted by Gasteiger charge is 2.31. The molecule has 48 heavy (non-hydrogen) atoms. The zero-order valence-corrected chi connectivity index (χ0v) is 29.6. The third-order valence-corrected chi connectivity index (χ3v) is 8.04. The summed E-state index contributed by atoms with van der Waals surface area (Å²) in [6.45, 7) is 4.37. The van der Waals surface area contributed by atoms with Crippen LogP contribution in [0.2, 0.25) is 0 Å². The lowest BCUT2D eigenvalue weighted by atomic mass is 10.2. The second-order valence-electron chi connectivity index (χ2n) is 11.2. The molecule has 0 spiro atoms. The van der Waals surface area contributed by atoms with Crippen molar-refractivity contribution in [1.82, 2.24) is 24.7 Å². The predicted octanol–water partition coefficient (Wildman–Crippen LogP) is 5.97. The summed E-state index contributed by atoms with van der Waals surface area (Å²) in [6.07, 6.45) is 33.4. The number of nitrogen functional groups attached to an aromatic ring is 1. The summed E-state index contributed by atoms with van der Waals surface area (Å²) < 4.78 is 12.4. The number of thioether (sulfide) groups is 1. The Kier molecular flexibility index (Phi) is 21.1. The van der Waals surface area contributed by atoms with Gasteiger partial charge in [0.25, 0.3) is 5.62 Å². The molecule has 1 fully saturated rings. The van der Waals surface area contributed by atoms with Crippen molar-refractivity contribution in [3.8, 4) is 0 Å². The maximum atomic E-state index is 12.5. The van der Waals surface area contributed by atoms with Gasteiger partial charge in [-0.05, 0) is 58.1 Å². The van der Waals surface area contributed by atoms with Crippen LogP contribution in [0.3, 0.4) is 0 Å². The van der Waals surface area contributed by atoms with Crippen LogP contribution in [0.5, 0.6) is 0 Å². The van der Waals surface area contributed by atoms with Gasteiger partial charge in [0.15, 0.2) is 6.23 Å². The highest BCUT2D eigenvalue weighted by atomic mass is 32.2. The first-order chi connectivity index (χ1) is 23.3. The van der Waals surface area contributed by atoms with Crippen LogP contribution >= 0.6 is 11.8 Å². The summed E-state index contributed by atoms with van der Waals surface area (Å²) in [5.74, 6) is 0.590. The van der Waals surface area contributed by atoms with E-state index in [1.807, 2.05) is 18.0 Å². The van der Waals surface area contributed by atoms with Crippen molar-refractivity contribution in [1.29, 1.82) is 0 Å². The minimum atomic E-state index is -0.824. The molecule has 2 atom stereocenters. The van der Waals surface area contributed by atoms with Gasteiger partial charge in [-0.1, -0.05) is 91.6 Å². The van der Waals surface area contributed by atoms with E-state index >= 15 is 0 Å². The monoisotopic (exact) mass is 682 g/mol. The van der Waals surface area contributed by atoms with Crippen molar-refractivity contribution in [2.75, 3.05) is 51.8 Å². The molecule has 0 bridgehead atoms. The number of hydrogen-bond donors (Lipinski definition) is 2. The van der Waals surface area contributed by atoms with Gasteiger partial charge in [-0.2, -0.15) is 4.98 Å². The Labute approximate surface area is 290 Å². The van der Waals surface area contributed by atoms with Gasteiger partial charge in [-0.3, -0.25) is 9.36 Å². The molecule has 1 aromatic rings. The van der Waals surface area contributed by atoms with Gasteiger partial charge in [-0.25, -0.2) is 9.59 Å². The van der Waals surface area contributed by atoms with Crippen LogP contribution in [0.15, 0.2) is 90.0 Å². The summed E-state index contributed by atoms with van der Waals surface area (Å²) in [5.41, 5.74) is 4.19. The van der Waals surface area contributed by atoms with Crippen molar-refractivity contribution < 1.29 is 19.1 Å². The van der Waals surface area contributed by atoms with E-state index in [0.29, 0.717) is 44.8 Å². The molecule has 11 nitrogen and oxygen atoms in total. The number of nitrogens with two attached hydrogens (primary N) is 1. The molecule has 0 radical (unpaired) electrons. The number of carbonyl (C=O) groups is 2. The number of rotatable bonds is 22. The normalized spacial score (nSPS) is 17.0. The minimum Gasteiger partial charge on any atom is -0.409 e. The molecule has 0 unspecified atom stereocenters. The number of nitrogens with zero attached hydrogens (tertiary/aromatic N) is 4. The van der Waals surface area contributed by atoms with Gasteiger partial charge in [0.2, 0.25) is 5.91 Å². The number of amides is 2. The van der Waals surface area contributed by atoms with E-state index in [9.17, 15) is 14.4 Å². The zero-order chi connectivity index (χ0) is 34.8. The van der Waals surface area contributed by atoms with Crippen LogP contribution in [0.25, 0.3) is 0 Å². The Hall–Kier alpha value is -3.87. The predicted molar refractivity (Wildman–Crippen MR) is 196 cm³/mol. The lowest BCUT2D eigenvalue weighted by Gasteiger charge is -2.23. The first kappa shape index (κ1) is 40.3. The fourth-order valence-electron chi connectivity index (χ4n) is 4.25. The molecule has 3 N–H and O–H groups in total. The average Bonchev–Trinajstić information content (AvgIpc) is 3.52. The third kappa shape index (κ3) is 18.5. The van der Waals surface area contributed by atoms with Gasteiger partial charge in [0.1, 0.15) is 5.82 Å². The van der Waals surface area contributed by atoms with E-state index in [0.717, 1.165) is 38.5 Å². The molecule has 0 aliphatic carbocycles. The maximum Gasteiger partial charge on any atom is 0.412 e. The maximum absolute atomic E-state index is 12.5. The second-order valence-corrected chi connectivity index (χ2v) is 12.2. The van der Waals surface area contributed by atoms with Crippen molar-refractivity contribution >= 4 is 29.6 Å². The molecule has 1 aromatic heterocycles. The minimum absolute atomic E-state index is 0.0213. The number of ether oxygens (including phenoxy) is 2. The molecule has 0 aromatic carbocycles. The molecule has 2 heterocycles. The van der Waals surface area contributed by atoms with Crippen LogP contribution in [0.4, 0.5) is 10.6 Å². The Morgan fingerprint density at radius 2 is 1.54 bits per heavy atom. The van der Waals surface area contributed by atoms with E-state index in [4.69, 9.17) is 15.2 Å². The summed E-state index contributed by atoms with van der Waals surface area (Å²) in [6, 6.07) is 1.51. The van der Waals surface area contributed by atoms with E-state index in [1.54, 1.807) is 7.05 Å². The number of hydrogen-bond acceptors (Lipinski definition) is 9. The SMILES string of the molecule is CC/C=C\C/C=C\C/C=C\C/C=C\C/C=C\C/C=C\CCC(=O)NCCN(C)CCN(C)C(=O)O[C@H]1O[C@H](n2ccc(N)nc2=O)CS1. The summed E-state index contributed by atoms with van der Waals surface area (Å²) in [5, 5.41) is 2.95. The summed E-state index contributed by atoms with van der Waals surface area (Å²) >= 11 is 1.28. The van der Waals surface area contributed by atoms with Gasteiger partial charge in [0.05, 0.1) is 0 Å². The largest absolute Gasteiger partial charge is 0.412 e. The third-order valence-electron chi connectivity index (χ3n) is 7.08. The van der Waals surface area contributed by atoms with E-state index < -0.39 is 23.6 Å². The Bertz CT molecular complexity index is 1320. The summed E-state index contributed by atoms with van der Waals surface area (Å²) in [7, 11) is 3.58. The number of nitrogens with one attached hydrogen (secondary N) is 1. The molecule has 2 rings (SSSR count). The Balaban J connectivity index is 1.46. The number of likely N-dealkylation sites (N-methyl/N-ethyl adjacent to an activating group) is 2. The highest BCUT2D eigenvalue weighted by Crippen LogP contribution is 2.32. The summed E-state index contributed by atoms with van der Waals surface area (Å²) in [4.78, 5) is 43.9. The standard InChI is InChI=1S/C36H54N6O5S/c1-4-5-6-7-8-9-10-11-12-13-14-15-16-17-18-19-20-21-22-23-32(43)38-25-27-40(2)28-29-41(3)35(45)47-36-46-33(30-48-36)42-26-24-31(37)39-34(42)44/h5-6,8-9,11-12,14-15,17-18,20-21,24,26,33,36H,4,7,10,13,16,19,22-23,25,27-30H2,1-3H3,(H,38,43)(H2,37,39,44)/b6-5-,9-8-,12-11-,15-14-,18-17-,21-20-/t33-,36+/m0/s1. The number of carbonyl (C=O) groups excluding carboxylic acids is 2. The van der Waals surface area contributed by atoms with Gasteiger partial charge in [0, 0.05) is 51.6 Å². The highest BCUT2D eigenvalue weighted by molar-refractivity contribution is 7.99. The van der Waals surface area contributed by atoms with E-state index in [-0.39, 0.29) is 11.7 Å². The first-order valence-corrected chi connectivity index (χ1v) is 17.7. The number of allylic oxidation sites excluding steroid dienone is 12. The molecule has 1 aliphatic heterocycles. The van der Waals surface area contributed by atoms with Gasteiger partial charge >= 0.3 is 11.8 Å². The van der Waals surface area contributed by atoms with Crippen LogP contribution in [0.1, 0.15) is 64.5 Å². The van der Waals surface area contributed by atoms with E-state index in [2.05, 4.69) is 84.1 Å². The fraction of sp³-hybridized carbons (Fsp3) is 0.500.